The van der Waals surface area contributed by atoms with Crippen molar-refractivity contribution in [1.29, 1.82) is 5.41 Å². The van der Waals surface area contributed by atoms with Gasteiger partial charge < -0.3 is 24.9 Å². The largest absolute Gasteiger partial charge is 0.406 e. The molecule has 4 unspecified atom stereocenters. The van der Waals surface area contributed by atoms with Gasteiger partial charge in [0.1, 0.15) is 31.2 Å². The third-order valence-electron chi connectivity index (χ3n) is 4.50. The minimum atomic E-state index is -1.25. The van der Waals surface area contributed by atoms with E-state index in [0.29, 0.717) is 5.65 Å². The van der Waals surface area contributed by atoms with Crippen LogP contribution in [0.25, 0.3) is 11.2 Å². The fourth-order valence-corrected chi connectivity index (χ4v) is 3.03. The van der Waals surface area contributed by atoms with E-state index >= 15 is 0 Å². The van der Waals surface area contributed by atoms with Gasteiger partial charge in [-0.15, -0.1) is 17.0 Å². The van der Waals surface area contributed by atoms with Crippen molar-refractivity contribution in [2.45, 2.75) is 31.1 Å². The zero-order valence-electron chi connectivity index (χ0n) is 14.6. The Balaban J connectivity index is 0.00000225. The molecule has 1 aliphatic rings. The Hall–Kier alpha value is -2.31. The quantitative estimate of drug-likeness (QED) is 0.409. The van der Waals surface area contributed by atoms with Crippen molar-refractivity contribution in [3.05, 3.63) is 54.0 Å². The molecule has 0 radical (unpaired) electrons. The fraction of sp³-hybridized carbons (Fsp3) is 0.353. The predicted molar refractivity (Wildman–Crippen MR) is 101 cm³/mol. The molecule has 4 N–H and O–H groups in total. The highest BCUT2D eigenvalue weighted by Crippen LogP contribution is 2.30. The maximum atomic E-state index is 10.2. The van der Waals surface area contributed by atoms with Crippen LogP contribution in [-0.2, 0) is 11.3 Å². The van der Waals surface area contributed by atoms with Gasteiger partial charge in [0.2, 0.25) is 0 Å². The molecule has 2 aromatic heterocycles. The molecular weight excluding hydrogens is 434 g/mol. The summed E-state index contributed by atoms with van der Waals surface area (Å²) < 4.78 is 8.14. The van der Waals surface area contributed by atoms with Gasteiger partial charge in [0, 0.05) is 0 Å². The van der Waals surface area contributed by atoms with E-state index in [9.17, 15) is 15.3 Å². The Kier molecular flexibility index (Phi) is 6.10. The van der Waals surface area contributed by atoms with Crippen molar-refractivity contribution in [3.63, 3.8) is 0 Å². The zero-order chi connectivity index (χ0) is 19.0. The van der Waals surface area contributed by atoms with Gasteiger partial charge in [-0.1, -0.05) is 30.3 Å². The summed E-state index contributed by atoms with van der Waals surface area (Å²) in [6, 6.07) is 9.52. The van der Waals surface area contributed by atoms with Gasteiger partial charge in [0.15, 0.2) is 22.9 Å². The molecule has 1 saturated heterocycles. The van der Waals surface area contributed by atoms with Crippen molar-refractivity contribution in [2.24, 2.45) is 0 Å². The molecular formula is C17H20BrN5O5. The molecule has 0 aliphatic carbocycles. The highest BCUT2D eigenvalue weighted by molar-refractivity contribution is 8.93. The lowest BCUT2D eigenvalue weighted by Gasteiger charge is -2.16. The summed E-state index contributed by atoms with van der Waals surface area (Å²) in [6.45, 7) is -0.161. The Labute approximate surface area is 169 Å². The number of hydrogen-bond donors (Lipinski definition) is 4. The molecule has 0 spiro atoms. The number of imidazole rings is 1. The van der Waals surface area contributed by atoms with Crippen molar-refractivity contribution in [1.82, 2.24) is 19.3 Å². The van der Waals surface area contributed by atoms with Gasteiger partial charge in [0.05, 0.1) is 12.9 Å². The molecule has 1 aliphatic heterocycles. The highest BCUT2D eigenvalue weighted by atomic mass is 79.9. The Bertz CT molecular complexity index is 995. The summed E-state index contributed by atoms with van der Waals surface area (Å²) in [5.41, 5.74) is 1.49. The van der Waals surface area contributed by atoms with E-state index in [1.807, 2.05) is 30.3 Å². The molecule has 4 atom stereocenters. The van der Waals surface area contributed by atoms with Gasteiger partial charge in [-0.25, -0.2) is 9.97 Å². The molecule has 0 saturated carbocycles. The van der Waals surface area contributed by atoms with Crippen LogP contribution in [0.2, 0.25) is 0 Å². The topological polar surface area (TPSA) is 139 Å². The second-order valence-corrected chi connectivity index (χ2v) is 6.23. The molecule has 4 rings (SSSR count). The van der Waals surface area contributed by atoms with Gasteiger partial charge in [-0.2, -0.15) is 4.73 Å². The summed E-state index contributed by atoms with van der Waals surface area (Å²) >= 11 is 0. The normalized spacial score (nSPS) is 24.2. The monoisotopic (exact) mass is 453 g/mol. The summed E-state index contributed by atoms with van der Waals surface area (Å²) in [6.07, 6.45) is -1.63. The third kappa shape index (κ3) is 3.54. The van der Waals surface area contributed by atoms with E-state index in [0.717, 1.165) is 5.56 Å². The van der Waals surface area contributed by atoms with Gasteiger partial charge in [0.25, 0.3) is 0 Å². The molecule has 10 nitrogen and oxygen atoms in total. The standard InChI is InChI=1S/C17H19N5O5.BrH/c18-15-12-16(20-9-22(15)26-7-10-4-2-1-3-5-10)21(8-19-12)17-14(25)13(24)11(6-23)27-17;/h1-5,8-9,11,13-14,17-18,23-25H,6-7H2;1H. The summed E-state index contributed by atoms with van der Waals surface area (Å²) in [7, 11) is 0. The summed E-state index contributed by atoms with van der Waals surface area (Å²) in [5.74, 6) is 0. The van der Waals surface area contributed by atoms with Crippen molar-refractivity contribution < 1.29 is 24.9 Å². The van der Waals surface area contributed by atoms with Crippen molar-refractivity contribution in [2.75, 3.05) is 6.61 Å². The lowest BCUT2D eigenvalue weighted by Crippen LogP contribution is -2.33. The van der Waals surface area contributed by atoms with E-state index in [2.05, 4.69) is 9.97 Å². The number of fused-ring (bicyclic) bond motifs is 1. The molecule has 1 fully saturated rings. The van der Waals surface area contributed by atoms with Crippen molar-refractivity contribution >= 4 is 28.1 Å². The average molecular weight is 454 g/mol. The molecule has 0 amide bonds. The van der Waals surface area contributed by atoms with E-state index in [-0.39, 0.29) is 34.6 Å². The van der Waals surface area contributed by atoms with E-state index in [1.165, 1.54) is 22.0 Å². The van der Waals surface area contributed by atoms with Gasteiger partial charge in [-0.3, -0.25) is 9.98 Å². The average Bonchev–Trinajstić information content (AvgIpc) is 3.24. The molecule has 3 aromatic rings. The molecule has 3 heterocycles. The predicted octanol–water partition coefficient (Wildman–Crippen LogP) is -0.470. The van der Waals surface area contributed by atoms with Gasteiger partial charge in [-0.05, 0) is 5.56 Å². The number of halogens is 1. The first kappa shape index (κ1) is 20.4. The number of hydrogen-bond acceptors (Lipinski definition) is 8. The number of aliphatic hydroxyl groups excluding tert-OH is 3. The Morgan fingerprint density at radius 2 is 1.86 bits per heavy atom. The van der Waals surface area contributed by atoms with E-state index < -0.39 is 31.1 Å². The second kappa shape index (κ2) is 8.37. The Morgan fingerprint density at radius 3 is 2.54 bits per heavy atom. The lowest BCUT2D eigenvalue weighted by molar-refractivity contribution is -0.0511. The number of nitrogens with zero attached hydrogens (tertiary/aromatic N) is 4. The molecule has 150 valence electrons. The molecule has 0 bridgehead atoms. The van der Waals surface area contributed by atoms with Crippen LogP contribution in [0.1, 0.15) is 11.8 Å². The summed E-state index contributed by atoms with van der Waals surface area (Å²) in [4.78, 5) is 14.0. The first-order chi connectivity index (χ1) is 13.1. The number of benzene rings is 1. The second-order valence-electron chi connectivity index (χ2n) is 6.23. The minimum absolute atomic E-state index is 0. The van der Waals surface area contributed by atoms with Crippen LogP contribution >= 0.6 is 17.0 Å². The lowest BCUT2D eigenvalue weighted by atomic mass is 10.1. The SMILES string of the molecule is Br.N=c1c2ncn(C3OC(CO)C(O)C3O)c2ncn1OCc1ccccc1. The molecule has 11 heteroatoms. The van der Waals surface area contributed by atoms with Crippen LogP contribution in [0, 0.1) is 5.41 Å². The van der Waals surface area contributed by atoms with Crippen molar-refractivity contribution in [3.8, 4) is 0 Å². The number of aromatic nitrogens is 4. The maximum absolute atomic E-state index is 10.2. The summed E-state index contributed by atoms with van der Waals surface area (Å²) in [5, 5.41) is 37.6. The van der Waals surface area contributed by atoms with Crippen LogP contribution in [0.5, 0.6) is 0 Å². The first-order valence-electron chi connectivity index (χ1n) is 8.38. The number of aliphatic hydroxyl groups is 3. The van der Waals surface area contributed by atoms with E-state index in [1.54, 1.807) is 0 Å². The minimum Gasteiger partial charge on any atom is -0.406 e. The maximum Gasteiger partial charge on any atom is 0.192 e. The van der Waals surface area contributed by atoms with Crippen LogP contribution in [0.15, 0.2) is 43.0 Å². The fourth-order valence-electron chi connectivity index (χ4n) is 3.03. The third-order valence-corrected chi connectivity index (χ3v) is 4.50. The molecule has 1 aromatic carbocycles. The Morgan fingerprint density at radius 1 is 1.11 bits per heavy atom. The number of ether oxygens (including phenoxy) is 1. The zero-order valence-corrected chi connectivity index (χ0v) is 16.3. The number of rotatable bonds is 5. The van der Waals surface area contributed by atoms with Crippen LogP contribution in [0.3, 0.4) is 0 Å². The highest BCUT2D eigenvalue weighted by Gasteiger charge is 2.43. The van der Waals surface area contributed by atoms with Crippen LogP contribution in [-0.4, -0.2) is 59.5 Å². The molecule has 28 heavy (non-hydrogen) atoms. The van der Waals surface area contributed by atoms with Crippen LogP contribution < -0.4 is 10.3 Å². The number of nitrogens with one attached hydrogen (secondary N) is 1. The van der Waals surface area contributed by atoms with Gasteiger partial charge >= 0.3 is 0 Å². The van der Waals surface area contributed by atoms with Crippen LogP contribution in [0.4, 0.5) is 0 Å². The smallest absolute Gasteiger partial charge is 0.192 e. The first-order valence-corrected chi connectivity index (χ1v) is 8.38. The van der Waals surface area contributed by atoms with E-state index in [4.69, 9.17) is 15.0 Å².